The van der Waals surface area contributed by atoms with E-state index in [1.807, 2.05) is 0 Å². The summed E-state index contributed by atoms with van der Waals surface area (Å²) in [6.45, 7) is 7.18. The molecule has 126 valence electrons. The van der Waals surface area contributed by atoms with Crippen molar-refractivity contribution in [3.05, 3.63) is 35.9 Å². The number of likely N-dealkylation sites (N-methyl/N-ethyl adjacent to an activating group) is 1. The quantitative estimate of drug-likeness (QED) is 0.855. The zero-order chi connectivity index (χ0) is 16.2. The number of hydrogen-bond donors (Lipinski definition) is 0. The lowest BCUT2D eigenvalue weighted by Crippen LogP contribution is -2.49. The van der Waals surface area contributed by atoms with Crippen LogP contribution in [0.3, 0.4) is 0 Å². The lowest BCUT2D eigenvalue weighted by atomic mass is 10.1. The van der Waals surface area contributed by atoms with Gasteiger partial charge in [-0.05, 0) is 45.3 Å². The molecular weight excluding hydrogens is 286 g/mol. The lowest BCUT2D eigenvalue weighted by Gasteiger charge is -2.32. The highest BCUT2D eigenvalue weighted by molar-refractivity contribution is 5.82. The molecule has 1 unspecified atom stereocenters. The van der Waals surface area contributed by atoms with Crippen LogP contribution in [0.15, 0.2) is 30.3 Å². The summed E-state index contributed by atoms with van der Waals surface area (Å²) in [6, 6.07) is 11.0. The molecule has 2 atom stereocenters. The van der Waals surface area contributed by atoms with Gasteiger partial charge in [-0.15, -0.1) is 0 Å². The van der Waals surface area contributed by atoms with Crippen LogP contribution in [0.2, 0.25) is 0 Å². The highest BCUT2D eigenvalue weighted by Gasteiger charge is 2.34. The Bertz CT molecular complexity index is 519. The molecule has 1 aromatic carbocycles. The monoisotopic (exact) mass is 315 g/mol. The van der Waals surface area contributed by atoms with Crippen molar-refractivity contribution in [2.45, 2.75) is 44.8 Å². The second-order valence-corrected chi connectivity index (χ2v) is 7.09. The van der Waals surface area contributed by atoms with Crippen molar-refractivity contribution in [3.8, 4) is 0 Å². The number of likely N-dealkylation sites (tertiary alicyclic amines) is 1. The molecule has 2 fully saturated rings. The second kappa shape index (κ2) is 7.45. The molecule has 2 aliphatic heterocycles. The Morgan fingerprint density at radius 1 is 1.13 bits per heavy atom. The van der Waals surface area contributed by atoms with E-state index in [2.05, 4.69) is 59.0 Å². The predicted molar refractivity (Wildman–Crippen MR) is 93.2 cm³/mol. The Hall–Kier alpha value is -1.39. The van der Waals surface area contributed by atoms with Crippen LogP contribution in [0.1, 0.15) is 31.7 Å². The number of carbonyl (C=O) groups excluding carboxylic acids is 1. The summed E-state index contributed by atoms with van der Waals surface area (Å²) in [5, 5.41) is 0. The van der Waals surface area contributed by atoms with Crippen molar-refractivity contribution < 1.29 is 4.79 Å². The molecule has 0 spiro atoms. The molecular formula is C19H29N3O. The van der Waals surface area contributed by atoms with Gasteiger partial charge in [-0.2, -0.15) is 0 Å². The van der Waals surface area contributed by atoms with Crippen LogP contribution >= 0.6 is 0 Å². The summed E-state index contributed by atoms with van der Waals surface area (Å²) in [7, 11) is 2.08. The van der Waals surface area contributed by atoms with Crippen LogP contribution in [0.4, 0.5) is 0 Å². The Morgan fingerprint density at radius 2 is 1.91 bits per heavy atom. The number of rotatable bonds is 3. The van der Waals surface area contributed by atoms with Crippen LogP contribution in [0.5, 0.6) is 0 Å². The molecule has 0 aliphatic carbocycles. The molecule has 0 radical (unpaired) electrons. The van der Waals surface area contributed by atoms with Crippen molar-refractivity contribution >= 4 is 5.91 Å². The van der Waals surface area contributed by atoms with E-state index in [0.717, 1.165) is 52.0 Å². The van der Waals surface area contributed by atoms with E-state index in [9.17, 15) is 4.79 Å². The summed E-state index contributed by atoms with van der Waals surface area (Å²) in [4.78, 5) is 19.8. The van der Waals surface area contributed by atoms with Crippen LogP contribution in [-0.4, -0.2) is 65.9 Å². The van der Waals surface area contributed by atoms with Gasteiger partial charge in [-0.1, -0.05) is 30.3 Å². The maximum absolute atomic E-state index is 12.9. The van der Waals surface area contributed by atoms with Crippen molar-refractivity contribution in [3.63, 3.8) is 0 Å². The van der Waals surface area contributed by atoms with E-state index < -0.39 is 0 Å². The predicted octanol–water partition coefficient (Wildman–Crippen LogP) is 2.20. The smallest absolute Gasteiger partial charge is 0.240 e. The molecule has 1 aromatic rings. The van der Waals surface area contributed by atoms with E-state index in [-0.39, 0.29) is 6.04 Å². The van der Waals surface area contributed by atoms with Gasteiger partial charge in [-0.3, -0.25) is 14.6 Å². The fraction of sp³-hybridized carbons (Fsp3) is 0.632. The first kappa shape index (κ1) is 16.5. The minimum Gasteiger partial charge on any atom is -0.337 e. The second-order valence-electron chi connectivity index (χ2n) is 7.09. The third-order valence-corrected chi connectivity index (χ3v) is 5.27. The first-order chi connectivity index (χ1) is 11.1. The first-order valence-corrected chi connectivity index (χ1v) is 8.92. The average molecular weight is 315 g/mol. The molecule has 2 aliphatic rings. The lowest BCUT2D eigenvalue weighted by molar-refractivity contribution is -0.137. The van der Waals surface area contributed by atoms with Gasteiger partial charge in [0.1, 0.15) is 0 Å². The van der Waals surface area contributed by atoms with Crippen LogP contribution < -0.4 is 0 Å². The van der Waals surface area contributed by atoms with Crippen molar-refractivity contribution in [2.24, 2.45) is 0 Å². The Labute approximate surface area is 140 Å². The minimum absolute atomic E-state index is 0.109. The van der Waals surface area contributed by atoms with Gasteiger partial charge in [0.25, 0.3) is 0 Å². The molecule has 1 amide bonds. The van der Waals surface area contributed by atoms with Crippen LogP contribution in [0, 0.1) is 0 Å². The first-order valence-electron chi connectivity index (χ1n) is 8.92. The fourth-order valence-corrected chi connectivity index (χ4v) is 3.97. The Balaban J connectivity index is 1.61. The van der Waals surface area contributed by atoms with Crippen LogP contribution in [0.25, 0.3) is 0 Å². The number of nitrogens with zero attached hydrogens (tertiary/aromatic N) is 3. The van der Waals surface area contributed by atoms with Gasteiger partial charge in [-0.25, -0.2) is 0 Å². The summed E-state index contributed by atoms with van der Waals surface area (Å²) in [5.41, 5.74) is 1.36. The van der Waals surface area contributed by atoms with E-state index >= 15 is 0 Å². The molecule has 4 heteroatoms. The normalized spacial score (nSPS) is 27.1. The summed E-state index contributed by atoms with van der Waals surface area (Å²) < 4.78 is 0. The van der Waals surface area contributed by atoms with E-state index in [1.54, 1.807) is 0 Å². The maximum atomic E-state index is 12.9. The molecule has 4 nitrogen and oxygen atoms in total. The largest absolute Gasteiger partial charge is 0.337 e. The zero-order valence-corrected chi connectivity index (χ0v) is 14.4. The van der Waals surface area contributed by atoms with Gasteiger partial charge < -0.3 is 4.90 Å². The highest BCUT2D eigenvalue weighted by Crippen LogP contribution is 2.20. The molecule has 23 heavy (non-hydrogen) atoms. The standard InChI is InChI=1S/C19H29N3O/c1-16-14-21(15-17-8-4-3-5-9-17)12-7-13-22(16)19(23)18-10-6-11-20(18)2/h3-5,8-9,16,18H,6-7,10-15H2,1-2H3/t16?,18-/m1/s1. The van der Waals surface area contributed by atoms with Gasteiger partial charge in [0.05, 0.1) is 6.04 Å². The van der Waals surface area contributed by atoms with Crippen LogP contribution in [-0.2, 0) is 11.3 Å². The van der Waals surface area contributed by atoms with Crippen molar-refractivity contribution in [1.82, 2.24) is 14.7 Å². The van der Waals surface area contributed by atoms with E-state index in [4.69, 9.17) is 0 Å². The number of hydrogen-bond acceptors (Lipinski definition) is 3. The Morgan fingerprint density at radius 3 is 2.61 bits per heavy atom. The summed E-state index contributed by atoms with van der Waals surface area (Å²) >= 11 is 0. The molecule has 0 bridgehead atoms. The number of benzene rings is 1. The Kier molecular flexibility index (Phi) is 5.34. The third kappa shape index (κ3) is 3.93. The highest BCUT2D eigenvalue weighted by atomic mass is 16.2. The SMILES string of the molecule is CC1CN(Cc2ccccc2)CCCN1C(=O)[C@H]1CCCN1C. The average Bonchev–Trinajstić information content (AvgIpc) is 2.89. The summed E-state index contributed by atoms with van der Waals surface area (Å²) in [6.07, 6.45) is 3.24. The maximum Gasteiger partial charge on any atom is 0.240 e. The molecule has 2 saturated heterocycles. The van der Waals surface area contributed by atoms with E-state index in [1.165, 1.54) is 5.56 Å². The number of amides is 1. The van der Waals surface area contributed by atoms with Gasteiger partial charge in [0.15, 0.2) is 0 Å². The fourth-order valence-electron chi connectivity index (χ4n) is 3.97. The van der Waals surface area contributed by atoms with Gasteiger partial charge >= 0.3 is 0 Å². The molecule has 3 rings (SSSR count). The van der Waals surface area contributed by atoms with Gasteiger partial charge in [0, 0.05) is 32.2 Å². The zero-order valence-electron chi connectivity index (χ0n) is 14.4. The third-order valence-electron chi connectivity index (χ3n) is 5.27. The van der Waals surface area contributed by atoms with Gasteiger partial charge in [0.2, 0.25) is 5.91 Å². The van der Waals surface area contributed by atoms with E-state index in [0.29, 0.717) is 11.9 Å². The van der Waals surface area contributed by atoms with Crippen molar-refractivity contribution in [2.75, 3.05) is 33.2 Å². The topological polar surface area (TPSA) is 26.8 Å². The molecule has 0 N–H and O–H groups in total. The molecule has 0 saturated carbocycles. The van der Waals surface area contributed by atoms with Crippen molar-refractivity contribution in [1.29, 1.82) is 0 Å². The molecule has 2 heterocycles. The molecule has 0 aromatic heterocycles. The minimum atomic E-state index is 0.109. The number of carbonyl (C=O) groups is 1. The summed E-state index contributed by atoms with van der Waals surface area (Å²) in [5.74, 6) is 0.346.